The smallest absolute Gasteiger partial charge is 0.254 e. The van der Waals surface area contributed by atoms with Crippen molar-refractivity contribution in [2.75, 3.05) is 5.32 Å². The summed E-state index contributed by atoms with van der Waals surface area (Å²) in [5.74, 6) is -0.0612. The SMILES string of the molecule is CC(C)[C@H](NC(=O)CC[C@@H]1NC(=O)c2ccccc2NC1=O)c1nc2ccccc2[nH]1. The number of fused-ring (bicyclic) bond motifs is 2. The molecule has 0 radical (unpaired) electrons. The molecule has 31 heavy (non-hydrogen) atoms. The standard InChI is InChI=1S/C23H25N5O3/c1-13(2)20(21-24-16-9-5-6-10-17(16)25-21)28-19(29)12-11-18-23(31)26-15-8-4-3-7-14(15)22(30)27-18/h3-10,13,18,20H,11-12H2,1-2H3,(H,24,25)(H,26,31)(H,27,30)(H,28,29)/t18-,20-/m0/s1. The minimum absolute atomic E-state index is 0.0954. The Hall–Kier alpha value is -3.68. The Labute approximate surface area is 179 Å². The first-order valence-electron chi connectivity index (χ1n) is 10.4. The number of amides is 3. The third kappa shape index (κ3) is 4.42. The average molecular weight is 419 g/mol. The second-order valence-corrected chi connectivity index (χ2v) is 8.03. The van der Waals surface area contributed by atoms with Crippen LogP contribution in [0.1, 0.15) is 48.9 Å². The number of anilines is 1. The van der Waals surface area contributed by atoms with E-state index in [1.807, 2.05) is 38.1 Å². The Morgan fingerprint density at radius 3 is 2.61 bits per heavy atom. The predicted octanol–water partition coefficient (Wildman–Crippen LogP) is 2.91. The van der Waals surface area contributed by atoms with Crippen molar-refractivity contribution < 1.29 is 14.4 Å². The molecular formula is C23H25N5O3. The van der Waals surface area contributed by atoms with Crippen molar-refractivity contribution >= 4 is 34.4 Å². The van der Waals surface area contributed by atoms with Crippen LogP contribution in [0.25, 0.3) is 11.0 Å². The lowest BCUT2D eigenvalue weighted by Crippen LogP contribution is -2.42. The maximum Gasteiger partial charge on any atom is 0.254 e. The Kier molecular flexibility index (Phi) is 5.70. The van der Waals surface area contributed by atoms with Gasteiger partial charge in [-0.25, -0.2) is 4.98 Å². The van der Waals surface area contributed by atoms with E-state index in [1.54, 1.807) is 24.3 Å². The van der Waals surface area contributed by atoms with E-state index in [-0.39, 0.29) is 42.5 Å². The first-order valence-corrected chi connectivity index (χ1v) is 10.4. The Morgan fingerprint density at radius 1 is 1.10 bits per heavy atom. The highest BCUT2D eigenvalue weighted by Crippen LogP contribution is 2.23. The van der Waals surface area contributed by atoms with Gasteiger partial charge in [-0.15, -0.1) is 0 Å². The summed E-state index contributed by atoms with van der Waals surface area (Å²) in [6.07, 6.45) is 0.292. The zero-order valence-corrected chi connectivity index (χ0v) is 17.4. The first kappa shape index (κ1) is 20.6. The number of hydrogen-bond acceptors (Lipinski definition) is 4. The first-order chi connectivity index (χ1) is 14.9. The van der Waals surface area contributed by atoms with Crippen LogP contribution in [0.2, 0.25) is 0 Å². The summed E-state index contributed by atoms with van der Waals surface area (Å²) in [5, 5.41) is 8.49. The van der Waals surface area contributed by atoms with E-state index in [0.29, 0.717) is 17.1 Å². The molecule has 0 bridgehead atoms. The van der Waals surface area contributed by atoms with E-state index in [0.717, 1.165) is 11.0 Å². The van der Waals surface area contributed by atoms with Crippen molar-refractivity contribution in [2.24, 2.45) is 5.92 Å². The van der Waals surface area contributed by atoms with E-state index >= 15 is 0 Å². The summed E-state index contributed by atoms with van der Waals surface area (Å²) in [4.78, 5) is 45.5. The van der Waals surface area contributed by atoms with Crippen molar-refractivity contribution in [1.82, 2.24) is 20.6 Å². The third-order valence-electron chi connectivity index (χ3n) is 5.40. The fourth-order valence-electron chi connectivity index (χ4n) is 3.71. The molecule has 0 saturated carbocycles. The van der Waals surface area contributed by atoms with Crippen molar-refractivity contribution in [3.63, 3.8) is 0 Å². The summed E-state index contributed by atoms with van der Waals surface area (Å²) in [6, 6.07) is 13.5. The lowest BCUT2D eigenvalue weighted by atomic mass is 10.0. The molecule has 0 fully saturated rings. The lowest BCUT2D eigenvalue weighted by molar-refractivity contribution is -0.122. The fourth-order valence-corrected chi connectivity index (χ4v) is 3.71. The van der Waals surface area contributed by atoms with Gasteiger partial charge < -0.3 is 20.9 Å². The average Bonchev–Trinajstić information content (AvgIpc) is 3.13. The van der Waals surface area contributed by atoms with Gasteiger partial charge in [-0.1, -0.05) is 38.1 Å². The lowest BCUT2D eigenvalue weighted by Gasteiger charge is -2.21. The topological polar surface area (TPSA) is 116 Å². The molecular weight excluding hydrogens is 394 g/mol. The van der Waals surface area contributed by atoms with Crippen LogP contribution >= 0.6 is 0 Å². The van der Waals surface area contributed by atoms with E-state index < -0.39 is 6.04 Å². The van der Waals surface area contributed by atoms with Crippen LogP contribution in [0.4, 0.5) is 5.69 Å². The maximum atomic E-state index is 12.7. The Morgan fingerprint density at radius 2 is 1.84 bits per heavy atom. The minimum atomic E-state index is -0.783. The Balaban J connectivity index is 1.41. The normalized spacial score (nSPS) is 16.9. The van der Waals surface area contributed by atoms with Crippen LogP contribution in [0.3, 0.4) is 0 Å². The number of benzene rings is 2. The summed E-state index contributed by atoms with van der Waals surface area (Å²) >= 11 is 0. The second kappa shape index (κ2) is 8.59. The number of rotatable bonds is 6. The molecule has 2 atom stereocenters. The van der Waals surface area contributed by atoms with Crippen molar-refractivity contribution in [2.45, 2.75) is 38.8 Å². The highest BCUT2D eigenvalue weighted by atomic mass is 16.2. The maximum absolute atomic E-state index is 12.7. The molecule has 4 rings (SSSR count). The molecule has 0 spiro atoms. The highest BCUT2D eigenvalue weighted by Gasteiger charge is 2.28. The Bertz CT molecular complexity index is 1100. The molecule has 8 nitrogen and oxygen atoms in total. The van der Waals surface area contributed by atoms with Gasteiger partial charge in [-0.05, 0) is 36.6 Å². The molecule has 3 aromatic rings. The number of carbonyl (C=O) groups excluding carboxylic acids is 3. The van der Waals surface area contributed by atoms with E-state index in [9.17, 15) is 14.4 Å². The zero-order valence-electron chi connectivity index (χ0n) is 17.4. The molecule has 0 aliphatic carbocycles. The highest BCUT2D eigenvalue weighted by molar-refractivity contribution is 6.09. The molecule has 0 unspecified atom stereocenters. The molecule has 0 saturated heterocycles. The van der Waals surface area contributed by atoms with Gasteiger partial charge >= 0.3 is 0 Å². The van der Waals surface area contributed by atoms with Crippen LogP contribution in [0, 0.1) is 5.92 Å². The van der Waals surface area contributed by atoms with Crippen LogP contribution in [-0.4, -0.2) is 33.7 Å². The number of para-hydroxylation sites is 3. The van der Waals surface area contributed by atoms with Crippen LogP contribution in [0.5, 0.6) is 0 Å². The van der Waals surface area contributed by atoms with Gasteiger partial charge in [0, 0.05) is 6.42 Å². The summed E-state index contributed by atoms with van der Waals surface area (Å²) in [5.41, 5.74) is 2.64. The number of imidazole rings is 1. The second-order valence-electron chi connectivity index (χ2n) is 8.03. The number of nitrogens with zero attached hydrogens (tertiary/aromatic N) is 1. The van der Waals surface area contributed by atoms with Gasteiger partial charge in [0.05, 0.1) is 28.3 Å². The summed E-state index contributed by atoms with van der Waals surface area (Å²) in [6.45, 7) is 4.02. The van der Waals surface area contributed by atoms with E-state index in [4.69, 9.17) is 0 Å². The fraction of sp³-hybridized carbons (Fsp3) is 0.304. The molecule has 8 heteroatoms. The molecule has 3 amide bonds. The number of aromatic nitrogens is 2. The van der Waals surface area contributed by atoms with E-state index in [2.05, 4.69) is 25.9 Å². The summed E-state index contributed by atoms with van der Waals surface area (Å²) in [7, 11) is 0. The number of H-pyrrole nitrogens is 1. The van der Waals surface area contributed by atoms with Crippen LogP contribution in [0.15, 0.2) is 48.5 Å². The van der Waals surface area contributed by atoms with Gasteiger partial charge in [-0.2, -0.15) is 0 Å². The molecule has 4 N–H and O–H groups in total. The zero-order chi connectivity index (χ0) is 22.0. The number of hydrogen-bond donors (Lipinski definition) is 4. The molecule has 1 aromatic heterocycles. The number of carbonyl (C=O) groups is 3. The van der Waals surface area contributed by atoms with Gasteiger partial charge in [0.1, 0.15) is 11.9 Å². The number of nitrogens with one attached hydrogen (secondary N) is 4. The van der Waals surface area contributed by atoms with E-state index in [1.165, 1.54) is 0 Å². The van der Waals surface area contributed by atoms with Crippen molar-refractivity contribution in [1.29, 1.82) is 0 Å². The monoisotopic (exact) mass is 419 g/mol. The van der Waals surface area contributed by atoms with Crippen molar-refractivity contribution in [3.8, 4) is 0 Å². The van der Waals surface area contributed by atoms with Crippen LogP contribution < -0.4 is 16.0 Å². The minimum Gasteiger partial charge on any atom is -0.346 e. The predicted molar refractivity (Wildman–Crippen MR) is 117 cm³/mol. The number of aromatic amines is 1. The van der Waals surface area contributed by atoms with Crippen molar-refractivity contribution in [3.05, 3.63) is 59.9 Å². The van der Waals surface area contributed by atoms with Crippen LogP contribution in [-0.2, 0) is 9.59 Å². The molecule has 1 aliphatic heterocycles. The molecule has 160 valence electrons. The van der Waals surface area contributed by atoms with Gasteiger partial charge in [0.15, 0.2) is 0 Å². The largest absolute Gasteiger partial charge is 0.346 e. The van der Waals surface area contributed by atoms with Gasteiger partial charge in [0.25, 0.3) is 5.91 Å². The van der Waals surface area contributed by atoms with Gasteiger partial charge in [0.2, 0.25) is 11.8 Å². The molecule has 2 aromatic carbocycles. The summed E-state index contributed by atoms with van der Waals surface area (Å²) < 4.78 is 0. The molecule has 1 aliphatic rings. The molecule has 2 heterocycles. The third-order valence-corrected chi connectivity index (χ3v) is 5.40. The quantitative estimate of drug-likeness (QED) is 0.492. The van der Waals surface area contributed by atoms with Gasteiger partial charge in [-0.3, -0.25) is 14.4 Å².